The summed E-state index contributed by atoms with van der Waals surface area (Å²) >= 11 is 1.17. The number of carbonyl (C=O) groups excluding carboxylic acids is 1. The van der Waals surface area contributed by atoms with Gasteiger partial charge < -0.3 is 10.4 Å². The maximum absolute atomic E-state index is 11.6. The highest BCUT2D eigenvalue weighted by atomic mass is 32.2. The SMILES string of the molecule is Cc1cccc(C)c1N=C1NC(=O)[C@@H](CC(=O)O)S1. The lowest BCUT2D eigenvalue weighted by Gasteiger charge is -2.05. The molecule has 19 heavy (non-hydrogen) atoms. The summed E-state index contributed by atoms with van der Waals surface area (Å²) in [5, 5.41) is 11.2. The topological polar surface area (TPSA) is 78.8 Å². The lowest BCUT2D eigenvalue weighted by atomic mass is 10.1. The molecule has 0 saturated carbocycles. The third kappa shape index (κ3) is 3.14. The number of benzene rings is 1. The van der Waals surface area contributed by atoms with Crippen LogP contribution in [0.25, 0.3) is 0 Å². The maximum Gasteiger partial charge on any atom is 0.305 e. The Labute approximate surface area is 115 Å². The van der Waals surface area contributed by atoms with Crippen molar-refractivity contribution in [3.63, 3.8) is 0 Å². The second kappa shape index (κ2) is 5.44. The average Bonchev–Trinajstić information content (AvgIpc) is 2.64. The van der Waals surface area contributed by atoms with Crippen LogP contribution in [0.4, 0.5) is 5.69 Å². The van der Waals surface area contributed by atoms with Gasteiger partial charge >= 0.3 is 5.97 Å². The number of aliphatic carboxylic acids is 1. The van der Waals surface area contributed by atoms with Gasteiger partial charge in [0.15, 0.2) is 5.17 Å². The van der Waals surface area contributed by atoms with E-state index in [1.165, 1.54) is 11.8 Å². The van der Waals surface area contributed by atoms with Gasteiger partial charge in [-0.25, -0.2) is 4.99 Å². The minimum Gasteiger partial charge on any atom is -0.481 e. The average molecular weight is 278 g/mol. The number of nitrogens with zero attached hydrogens (tertiary/aromatic N) is 1. The molecule has 1 amide bonds. The molecule has 1 aromatic rings. The molecule has 0 radical (unpaired) electrons. The van der Waals surface area contributed by atoms with Crippen LogP contribution in [0.1, 0.15) is 17.5 Å². The summed E-state index contributed by atoms with van der Waals surface area (Å²) in [6.45, 7) is 3.89. The second-order valence-corrected chi connectivity index (χ2v) is 5.54. The minimum absolute atomic E-state index is 0.192. The number of nitrogens with one attached hydrogen (secondary N) is 1. The van der Waals surface area contributed by atoms with E-state index in [-0.39, 0.29) is 12.3 Å². The number of para-hydroxylation sites is 1. The van der Waals surface area contributed by atoms with Gasteiger partial charge in [-0.2, -0.15) is 0 Å². The van der Waals surface area contributed by atoms with Gasteiger partial charge in [-0.05, 0) is 25.0 Å². The molecule has 0 bridgehead atoms. The van der Waals surface area contributed by atoms with Crippen LogP contribution in [-0.4, -0.2) is 27.4 Å². The smallest absolute Gasteiger partial charge is 0.305 e. The van der Waals surface area contributed by atoms with Gasteiger partial charge in [0, 0.05) is 0 Å². The molecule has 0 spiro atoms. The number of carbonyl (C=O) groups is 2. The Bertz CT molecular complexity index is 549. The Hall–Kier alpha value is -1.82. The largest absolute Gasteiger partial charge is 0.481 e. The van der Waals surface area contributed by atoms with Crippen LogP contribution >= 0.6 is 11.8 Å². The molecule has 2 rings (SSSR count). The molecule has 1 aliphatic heterocycles. The first-order chi connectivity index (χ1) is 8.97. The van der Waals surface area contributed by atoms with Crippen molar-refractivity contribution in [2.24, 2.45) is 4.99 Å². The highest BCUT2D eigenvalue weighted by Crippen LogP contribution is 2.28. The number of amidine groups is 1. The molecular weight excluding hydrogens is 264 g/mol. The van der Waals surface area contributed by atoms with E-state index in [0.29, 0.717) is 5.17 Å². The molecule has 1 aromatic carbocycles. The van der Waals surface area contributed by atoms with Crippen LogP contribution in [0, 0.1) is 13.8 Å². The Morgan fingerprint density at radius 1 is 1.42 bits per heavy atom. The van der Waals surface area contributed by atoms with Crippen molar-refractivity contribution in [1.29, 1.82) is 0 Å². The predicted molar refractivity (Wildman–Crippen MR) is 74.8 cm³/mol. The number of aliphatic imine (C=N–C) groups is 1. The van der Waals surface area contributed by atoms with Gasteiger partial charge in [0.25, 0.3) is 0 Å². The first kappa shape index (κ1) is 13.6. The van der Waals surface area contributed by atoms with Crippen LogP contribution in [-0.2, 0) is 9.59 Å². The molecular formula is C13H14N2O3S. The van der Waals surface area contributed by atoms with Crippen molar-refractivity contribution in [3.8, 4) is 0 Å². The number of hydrogen-bond donors (Lipinski definition) is 2. The fourth-order valence-corrected chi connectivity index (χ4v) is 2.80. The quantitative estimate of drug-likeness (QED) is 0.886. The van der Waals surface area contributed by atoms with Crippen molar-refractivity contribution >= 4 is 34.5 Å². The van der Waals surface area contributed by atoms with Crippen molar-refractivity contribution in [2.75, 3.05) is 0 Å². The van der Waals surface area contributed by atoms with Crippen molar-refractivity contribution in [2.45, 2.75) is 25.5 Å². The summed E-state index contributed by atoms with van der Waals surface area (Å²) in [4.78, 5) is 26.7. The first-order valence-corrected chi connectivity index (χ1v) is 6.69. The number of aryl methyl sites for hydroxylation is 2. The number of amides is 1. The summed E-state index contributed by atoms with van der Waals surface area (Å²) in [7, 11) is 0. The Kier molecular flexibility index (Phi) is 3.90. The molecule has 6 heteroatoms. The lowest BCUT2D eigenvalue weighted by molar-refractivity contribution is -0.138. The molecule has 0 aliphatic carbocycles. The number of thioether (sulfide) groups is 1. The van der Waals surface area contributed by atoms with E-state index < -0.39 is 11.2 Å². The standard InChI is InChI=1S/C13H14N2O3S/c1-7-4-3-5-8(2)11(7)14-13-15-12(18)9(19-13)6-10(16)17/h3-5,9H,6H2,1-2H3,(H,16,17)(H,14,15,18)/t9-/m1/s1. The van der Waals surface area contributed by atoms with Crippen LogP contribution in [0.2, 0.25) is 0 Å². The summed E-state index contributed by atoms with van der Waals surface area (Å²) < 4.78 is 0. The van der Waals surface area contributed by atoms with Gasteiger partial charge in [-0.15, -0.1) is 0 Å². The molecule has 1 fully saturated rings. The number of carboxylic acids is 1. The van der Waals surface area contributed by atoms with E-state index in [1.54, 1.807) is 0 Å². The molecule has 0 unspecified atom stereocenters. The summed E-state index contributed by atoms with van der Waals surface area (Å²) in [6, 6.07) is 5.84. The monoisotopic (exact) mass is 278 g/mol. The Morgan fingerprint density at radius 3 is 2.63 bits per heavy atom. The number of rotatable bonds is 3. The van der Waals surface area contributed by atoms with Crippen molar-refractivity contribution < 1.29 is 14.7 Å². The molecule has 1 aliphatic rings. The third-order valence-corrected chi connectivity index (χ3v) is 3.87. The summed E-state index contributed by atoms with van der Waals surface area (Å²) in [5.41, 5.74) is 2.86. The molecule has 1 heterocycles. The van der Waals surface area contributed by atoms with E-state index in [1.807, 2.05) is 32.0 Å². The van der Waals surface area contributed by atoms with Gasteiger partial charge in [0.1, 0.15) is 5.25 Å². The van der Waals surface area contributed by atoms with Crippen LogP contribution in [0.15, 0.2) is 23.2 Å². The molecule has 5 nitrogen and oxygen atoms in total. The molecule has 100 valence electrons. The lowest BCUT2D eigenvalue weighted by Crippen LogP contribution is -2.26. The maximum atomic E-state index is 11.6. The van der Waals surface area contributed by atoms with Crippen molar-refractivity contribution in [3.05, 3.63) is 29.3 Å². The fraction of sp³-hybridized carbons (Fsp3) is 0.308. The first-order valence-electron chi connectivity index (χ1n) is 5.81. The van der Waals surface area contributed by atoms with Crippen LogP contribution in [0.3, 0.4) is 0 Å². The third-order valence-electron chi connectivity index (χ3n) is 2.79. The minimum atomic E-state index is -0.985. The normalized spacial score (nSPS) is 20.6. The zero-order valence-corrected chi connectivity index (χ0v) is 11.5. The zero-order chi connectivity index (χ0) is 14.0. The van der Waals surface area contributed by atoms with Gasteiger partial charge in [-0.3, -0.25) is 9.59 Å². The zero-order valence-electron chi connectivity index (χ0n) is 10.6. The summed E-state index contributed by atoms with van der Waals surface area (Å²) in [5.74, 6) is -1.28. The number of hydrogen-bond acceptors (Lipinski definition) is 4. The van der Waals surface area contributed by atoms with Crippen molar-refractivity contribution in [1.82, 2.24) is 5.32 Å². The van der Waals surface area contributed by atoms with Crippen LogP contribution < -0.4 is 5.32 Å². The van der Waals surface area contributed by atoms with Gasteiger partial charge in [0.2, 0.25) is 5.91 Å². The van der Waals surface area contributed by atoms with E-state index in [0.717, 1.165) is 16.8 Å². The highest BCUT2D eigenvalue weighted by Gasteiger charge is 2.32. The number of carboxylic acid groups (broad SMARTS) is 1. The van der Waals surface area contributed by atoms with E-state index in [9.17, 15) is 9.59 Å². The Morgan fingerprint density at radius 2 is 2.05 bits per heavy atom. The summed E-state index contributed by atoms with van der Waals surface area (Å²) in [6.07, 6.45) is -0.192. The molecule has 1 saturated heterocycles. The van der Waals surface area contributed by atoms with Crippen LogP contribution in [0.5, 0.6) is 0 Å². The molecule has 0 aromatic heterocycles. The Balaban J connectivity index is 2.22. The molecule has 1 atom stereocenters. The van der Waals surface area contributed by atoms with E-state index in [2.05, 4.69) is 10.3 Å². The van der Waals surface area contributed by atoms with Gasteiger partial charge in [0.05, 0.1) is 12.1 Å². The molecule has 2 N–H and O–H groups in total. The fourth-order valence-electron chi connectivity index (χ4n) is 1.83. The highest BCUT2D eigenvalue weighted by molar-refractivity contribution is 8.15. The van der Waals surface area contributed by atoms with E-state index in [4.69, 9.17) is 5.11 Å². The van der Waals surface area contributed by atoms with E-state index >= 15 is 0 Å². The second-order valence-electron chi connectivity index (χ2n) is 4.35. The predicted octanol–water partition coefficient (Wildman–Crippen LogP) is 2.00. The van der Waals surface area contributed by atoms with Gasteiger partial charge in [-0.1, -0.05) is 30.0 Å².